The third kappa shape index (κ3) is 3.64. The van der Waals surface area contributed by atoms with Gasteiger partial charge in [0.1, 0.15) is 22.9 Å². The number of ether oxygens (including phenoxy) is 1. The van der Waals surface area contributed by atoms with Crippen LogP contribution in [0, 0.1) is 13.8 Å². The molecular weight excluding hydrogens is 454 g/mol. The molecule has 178 valence electrons. The highest BCUT2D eigenvalue weighted by atomic mass is 32.2. The van der Waals surface area contributed by atoms with Crippen molar-refractivity contribution >= 4 is 15.7 Å². The van der Waals surface area contributed by atoms with E-state index in [9.17, 15) is 18.3 Å². The molecule has 3 aromatic rings. The number of aromatic hydroxyl groups is 1. The number of phenolic OH excluding ortho intramolecular Hbond substituents is 1. The number of nitrogens with zero attached hydrogens (tertiary/aromatic N) is 2. The van der Waals surface area contributed by atoms with E-state index in [1.54, 1.807) is 11.0 Å². The Hall–Kier alpha value is -3.33. The van der Waals surface area contributed by atoms with Crippen LogP contribution in [-0.4, -0.2) is 58.7 Å². The van der Waals surface area contributed by atoms with E-state index in [2.05, 4.69) is 10.2 Å². The molecule has 2 aromatic carbocycles. The number of hydrogen-bond acceptors (Lipinski definition) is 6. The summed E-state index contributed by atoms with van der Waals surface area (Å²) in [5.41, 5.74) is 4.71. The van der Waals surface area contributed by atoms with Gasteiger partial charge in [0.15, 0.2) is 9.84 Å². The van der Waals surface area contributed by atoms with Crippen LogP contribution in [-0.2, 0) is 9.84 Å². The Morgan fingerprint density at radius 3 is 2.68 bits per heavy atom. The monoisotopic (exact) mass is 481 g/mol. The first kappa shape index (κ1) is 22.5. The number of aryl methyl sites for hydroxylation is 2. The third-order valence-electron chi connectivity index (χ3n) is 6.76. The fourth-order valence-corrected chi connectivity index (χ4v) is 6.71. The van der Waals surface area contributed by atoms with Gasteiger partial charge in [-0.2, -0.15) is 5.10 Å². The van der Waals surface area contributed by atoms with Crippen molar-refractivity contribution in [3.63, 3.8) is 0 Å². The van der Waals surface area contributed by atoms with E-state index in [0.717, 1.165) is 16.7 Å². The summed E-state index contributed by atoms with van der Waals surface area (Å²) in [7, 11) is -3.21. The lowest BCUT2D eigenvalue weighted by atomic mass is 9.93. The van der Waals surface area contributed by atoms with Gasteiger partial charge in [0.25, 0.3) is 5.91 Å². The second-order valence-electron chi connectivity index (χ2n) is 8.99. The minimum Gasteiger partial charge on any atom is -0.507 e. The first-order chi connectivity index (χ1) is 16.2. The molecule has 0 saturated carbocycles. The quantitative estimate of drug-likeness (QED) is 0.577. The van der Waals surface area contributed by atoms with E-state index in [0.29, 0.717) is 41.3 Å². The number of H-pyrrole nitrogens is 1. The highest BCUT2D eigenvalue weighted by molar-refractivity contribution is 7.91. The molecule has 2 aliphatic rings. The zero-order chi connectivity index (χ0) is 24.2. The summed E-state index contributed by atoms with van der Waals surface area (Å²) in [6.45, 7) is 6.27. The summed E-state index contributed by atoms with van der Waals surface area (Å²) in [5, 5.41) is 18.1. The molecule has 1 aromatic heterocycles. The molecule has 0 aliphatic carbocycles. The van der Waals surface area contributed by atoms with Crippen LogP contribution in [0.3, 0.4) is 0 Å². The Kier molecular flexibility index (Phi) is 5.39. The normalized spacial score (nSPS) is 21.1. The molecule has 2 aliphatic heterocycles. The highest BCUT2D eigenvalue weighted by Gasteiger charge is 2.48. The fourth-order valence-electron chi connectivity index (χ4n) is 5.00. The fraction of sp³-hybridized carbons (Fsp3) is 0.360. The molecule has 34 heavy (non-hydrogen) atoms. The Morgan fingerprint density at radius 2 is 1.97 bits per heavy atom. The van der Waals surface area contributed by atoms with Gasteiger partial charge in [0.05, 0.1) is 24.2 Å². The maximum Gasteiger partial charge on any atom is 0.273 e. The van der Waals surface area contributed by atoms with Gasteiger partial charge in [-0.15, -0.1) is 0 Å². The van der Waals surface area contributed by atoms with Gasteiger partial charge in [-0.05, 0) is 68.1 Å². The van der Waals surface area contributed by atoms with Crippen molar-refractivity contribution in [3.05, 3.63) is 64.3 Å². The molecule has 2 N–H and O–H groups in total. The lowest BCUT2D eigenvalue weighted by molar-refractivity contribution is 0.0677. The summed E-state index contributed by atoms with van der Waals surface area (Å²) in [6, 6.07) is 10.0. The Bertz CT molecular complexity index is 1400. The summed E-state index contributed by atoms with van der Waals surface area (Å²) < 4.78 is 30.3. The molecule has 3 heterocycles. The first-order valence-electron chi connectivity index (χ1n) is 11.3. The standard InChI is InChI=1S/C25H27N3O5S/c1-4-33-18-7-5-6-16(12-18)24-21-22(19-10-14(2)15(3)11-20(19)29)26-27-23(21)25(30)28(24)17-8-9-34(31,32)13-17/h5-7,10-12,17,24,29H,4,8-9,13H2,1-3H3,(H,26,27). The molecule has 2 unspecified atom stereocenters. The summed E-state index contributed by atoms with van der Waals surface area (Å²) in [4.78, 5) is 15.3. The molecule has 2 atom stereocenters. The van der Waals surface area contributed by atoms with Crippen LogP contribution < -0.4 is 4.74 Å². The molecule has 1 amide bonds. The number of carbonyl (C=O) groups excluding carboxylic acids is 1. The molecule has 9 heteroatoms. The van der Waals surface area contributed by atoms with E-state index in [1.807, 2.05) is 51.1 Å². The van der Waals surface area contributed by atoms with Crippen LogP contribution in [0.2, 0.25) is 0 Å². The zero-order valence-corrected chi connectivity index (χ0v) is 20.1. The summed E-state index contributed by atoms with van der Waals surface area (Å²) >= 11 is 0. The molecule has 0 spiro atoms. The predicted molar refractivity (Wildman–Crippen MR) is 128 cm³/mol. The van der Waals surface area contributed by atoms with Gasteiger partial charge in [-0.1, -0.05) is 12.1 Å². The number of nitrogens with one attached hydrogen (secondary N) is 1. The molecule has 8 nitrogen and oxygen atoms in total. The van der Waals surface area contributed by atoms with Crippen LogP contribution in [0.4, 0.5) is 0 Å². The Morgan fingerprint density at radius 1 is 1.21 bits per heavy atom. The number of fused-ring (bicyclic) bond motifs is 1. The molecular formula is C25H27N3O5S. The van der Waals surface area contributed by atoms with Crippen LogP contribution >= 0.6 is 0 Å². The van der Waals surface area contributed by atoms with E-state index < -0.39 is 21.9 Å². The van der Waals surface area contributed by atoms with E-state index in [1.165, 1.54) is 0 Å². The third-order valence-corrected chi connectivity index (χ3v) is 8.51. The number of carbonyl (C=O) groups is 1. The van der Waals surface area contributed by atoms with Gasteiger partial charge >= 0.3 is 0 Å². The largest absolute Gasteiger partial charge is 0.507 e. The summed E-state index contributed by atoms with van der Waals surface area (Å²) in [5.74, 6) is 0.449. The SMILES string of the molecule is CCOc1cccc(C2c3c(-c4cc(C)c(C)cc4O)n[nH]c3C(=O)N2C2CCS(=O)(=O)C2)c1. The lowest BCUT2D eigenvalue weighted by Crippen LogP contribution is -2.40. The van der Waals surface area contributed by atoms with Gasteiger partial charge in [0.2, 0.25) is 0 Å². The number of benzene rings is 2. The van der Waals surface area contributed by atoms with Crippen LogP contribution in [0.1, 0.15) is 52.1 Å². The number of aromatic amines is 1. The second kappa shape index (κ2) is 8.16. The van der Waals surface area contributed by atoms with Gasteiger partial charge < -0.3 is 14.7 Å². The molecule has 5 rings (SSSR count). The molecule has 0 bridgehead atoms. The second-order valence-corrected chi connectivity index (χ2v) is 11.2. The van der Waals surface area contributed by atoms with Gasteiger partial charge in [-0.3, -0.25) is 9.89 Å². The molecule has 0 radical (unpaired) electrons. The zero-order valence-electron chi connectivity index (χ0n) is 19.3. The van der Waals surface area contributed by atoms with Crippen molar-refractivity contribution in [2.45, 2.75) is 39.3 Å². The number of hydrogen-bond donors (Lipinski definition) is 2. The number of aromatic nitrogens is 2. The minimum absolute atomic E-state index is 0.0597. The van der Waals surface area contributed by atoms with Crippen molar-refractivity contribution in [3.8, 4) is 22.8 Å². The lowest BCUT2D eigenvalue weighted by Gasteiger charge is -2.31. The maximum atomic E-state index is 13.6. The molecule has 1 fully saturated rings. The number of phenols is 1. The smallest absolute Gasteiger partial charge is 0.273 e. The van der Waals surface area contributed by atoms with Crippen LogP contribution in [0.15, 0.2) is 36.4 Å². The van der Waals surface area contributed by atoms with E-state index in [-0.39, 0.29) is 23.2 Å². The van der Waals surface area contributed by atoms with Crippen molar-refractivity contribution in [2.24, 2.45) is 0 Å². The number of rotatable bonds is 5. The van der Waals surface area contributed by atoms with Crippen molar-refractivity contribution < 1.29 is 23.1 Å². The van der Waals surface area contributed by atoms with Crippen LogP contribution in [0.5, 0.6) is 11.5 Å². The average molecular weight is 482 g/mol. The Labute approximate surface area is 198 Å². The predicted octanol–water partition coefficient (Wildman–Crippen LogP) is 3.53. The van der Waals surface area contributed by atoms with E-state index in [4.69, 9.17) is 4.74 Å². The summed E-state index contributed by atoms with van der Waals surface area (Å²) in [6.07, 6.45) is 0.387. The van der Waals surface area contributed by atoms with E-state index >= 15 is 0 Å². The van der Waals surface area contributed by atoms with Crippen molar-refractivity contribution in [1.82, 2.24) is 15.1 Å². The van der Waals surface area contributed by atoms with Gasteiger partial charge in [0, 0.05) is 17.2 Å². The number of sulfone groups is 1. The average Bonchev–Trinajstić information content (AvgIpc) is 3.44. The van der Waals surface area contributed by atoms with Crippen LogP contribution in [0.25, 0.3) is 11.3 Å². The van der Waals surface area contributed by atoms with Crippen molar-refractivity contribution in [1.29, 1.82) is 0 Å². The minimum atomic E-state index is -3.21. The Balaban J connectivity index is 1.70. The topological polar surface area (TPSA) is 113 Å². The highest BCUT2D eigenvalue weighted by Crippen LogP contribution is 2.47. The van der Waals surface area contributed by atoms with Crippen molar-refractivity contribution in [2.75, 3.05) is 18.1 Å². The number of amides is 1. The maximum absolute atomic E-state index is 13.6. The first-order valence-corrected chi connectivity index (χ1v) is 13.2. The van der Waals surface area contributed by atoms with Gasteiger partial charge in [-0.25, -0.2) is 8.42 Å². The molecule has 1 saturated heterocycles.